The van der Waals surface area contributed by atoms with Crippen LogP contribution in [0.3, 0.4) is 0 Å². The molecule has 0 spiro atoms. The van der Waals surface area contributed by atoms with Crippen LogP contribution in [0.1, 0.15) is 5.56 Å². The molecule has 0 aliphatic rings. The Morgan fingerprint density at radius 3 is 2.83 bits per heavy atom. The van der Waals surface area contributed by atoms with Crippen LogP contribution in [0.15, 0.2) is 39.6 Å². The van der Waals surface area contributed by atoms with Crippen molar-refractivity contribution in [3.05, 3.63) is 50.7 Å². The molecule has 0 saturated carbocycles. The van der Waals surface area contributed by atoms with Crippen LogP contribution in [0.4, 0.5) is 5.69 Å². The average Bonchev–Trinajstić information content (AvgIpc) is 2.35. The fraction of sp³-hybridized carbons (Fsp3) is 0.167. The largest absolute Gasteiger partial charge is 0.480 e. The SMILES string of the molecule is COc1ccc(=O)n(Cc2ccc(N)cc2Br)n1. The fourth-order valence-electron chi connectivity index (χ4n) is 1.51. The Hall–Kier alpha value is -1.82. The zero-order valence-electron chi connectivity index (χ0n) is 9.76. The highest BCUT2D eigenvalue weighted by atomic mass is 79.9. The predicted molar refractivity (Wildman–Crippen MR) is 72.7 cm³/mol. The fourth-order valence-corrected chi connectivity index (χ4v) is 2.03. The number of hydrogen-bond donors (Lipinski definition) is 1. The van der Waals surface area contributed by atoms with Gasteiger partial charge in [-0.1, -0.05) is 22.0 Å². The molecule has 6 heteroatoms. The minimum atomic E-state index is -0.181. The van der Waals surface area contributed by atoms with Crippen molar-refractivity contribution >= 4 is 21.6 Å². The molecule has 2 rings (SSSR count). The van der Waals surface area contributed by atoms with E-state index in [0.717, 1.165) is 10.0 Å². The van der Waals surface area contributed by atoms with Gasteiger partial charge in [0.05, 0.1) is 13.7 Å². The molecule has 0 fully saturated rings. The summed E-state index contributed by atoms with van der Waals surface area (Å²) < 4.78 is 7.18. The number of anilines is 1. The molecule has 1 heterocycles. The molecule has 0 amide bonds. The van der Waals surface area contributed by atoms with Gasteiger partial charge < -0.3 is 10.5 Å². The van der Waals surface area contributed by atoms with Gasteiger partial charge in [0.2, 0.25) is 5.88 Å². The third kappa shape index (κ3) is 2.70. The summed E-state index contributed by atoms with van der Waals surface area (Å²) in [5.74, 6) is 0.404. The molecule has 18 heavy (non-hydrogen) atoms. The first-order chi connectivity index (χ1) is 8.60. The number of methoxy groups -OCH3 is 1. The van der Waals surface area contributed by atoms with E-state index in [1.807, 2.05) is 6.07 Å². The Morgan fingerprint density at radius 1 is 1.39 bits per heavy atom. The van der Waals surface area contributed by atoms with Crippen LogP contribution in [0.5, 0.6) is 5.88 Å². The highest BCUT2D eigenvalue weighted by molar-refractivity contribution is 9.10. The van der Waals surface area contributed by atoms with Gasteiger partial charge in [0, 0.05) is 22.3 Å². The van der Waals surface area contributed by atoms with Gasteiger partial charge in [-0.05, 0) is 17.7 Å². The second-order valence-electron chi connectivity index (χ2n) is 3.72. The molecule has 0 radical (unpaired) electrons. The van der Waals surface area contributed by atoms with Crippen LogP contribution < -0.4 is 16.0 Å². The van der Waals surface area contributed by atoms with Crippen molar-refractivity contribution in [2.24, 2.45) is 0 Å². The number of halogens is 1. The number of hydrogen-bond acceptors (Lipinski definition) is 4. The van der Waals surface area contributed by atoms with Gasteiger partial charge in [-0.2, -0.15) is 0 Å². The molecule has 94 valence electrons. The molecule has 5 nitrogen and oxygen atoms in total. The first-order valence-electron chi connectivity index (χ1n) is 5.26. The summed E-state index contributed by atoms with van der Waals surface area (Å²) in [5.41, 5.74) is 7.07. The number of nitrogens with two attached hydrogens (primary N) is 1. The van der Waals surface area contributed by atoms with Crippen molar-refractivity contribution in [1.82, 2.24) is 9.78 Å². The van der Waals surface area contributed by atoms with Gasteiger partial charge in [-0.3, -0.25) is 4.79 Å². The molecular weight excluding hydrogens is 298 g/mol. The second-order valence-corrected chi connectivity index (χ2v) is 4.58. The summed E-state index contributed by atoms with van der Waals surface area (Å²) in [6, 6.07) is 8.40. The van der Waals surface area contributed by atoms with Crippen LogP contribution in [-0.2, 0) is 6.54 Å². The predicted octanol–water partition coefficient (Wildman–Crippen LogP) is 1.64. The molecule has 1 aromatic carbocycles. The smallest absolute Gasteiger partial charge is 0.267 e. The quantitative estimate of drug-likeness (QED) is 0.875. The lowest BCUT2D eigenvalue weighted by Crippen LogP contribution is -2.22. The van der Waals surface area contributed by atoms with E-state index in [9.17, 15) is 4.79 Å². The molecule has 0 aliphatic heterocycles. The summed E-state index contributed by atoms with van der Waals surface area (Å²) in [6.07, 6.45) is 0. The van der Waals surface area contributed by atoms with E-state index < -0.39 is 0 Å². The van der Waals surface area contributed by atoms with Crippen molar-refractivity contribution < 1.29 is 4.74 Å². The van der Waals surface area contributed by atoms with E-state index in [0.29, 0.717) is 18.1 Å². The van der Waals surface area contributed by atoms with E-state index in [1.54, 1.807) is 12.1 Å². The van der Waals surface area contributed by atoms with Crippen molar-refractivity contribution in [3.63, 3.8) is 0 Å². The van der Waals surface area contributed by atoms with Crippen LogP contribution in [0, 0.1) is 0 Å². The Kier molecular flexibility index (Phi) is 3.66. The zero-order valence-corrected chi connectivity index (χ0v) is 11.3. The average molecular weight is 310 g/mol. The normalized spacial score (nSPS) is 10.3. The van der Waals surface area contributed by atoms with E-state index in [2.05, 4.69) is 21.0 Å². The summed E-state index contributed by atoms with van der Waals surface area (Å²) in [7, 11) is 1.51. The lowest BCUT2D eigenvalue weighted by atomic mass is 10.2. The summed E-state index contributed by atoms with van der Waals surface area (Å²) >= 11 is 3.41. The minimum absolute atomic E-state index is 0.181. The molecule has 2 aromatic rings. The van der Waals surface area contributed by atoms with Gasteiger partial charge in [-0.15, -0.1) is 5.10 Å². The molecule has 0 atom stereocenters. The zero-order chi connectivity index (χ0) is 13.1. The Morgan fingerprint density at radius 2 is 2.17 bits per heavy atom. The second kappa shape index (κ2) is 5.22. The van der Waals surface area contributed by atoms with E-state index in [1.165, 1.54) is 23.9 Å². The maximum Gasteiger partial charge on any atom is 0.267 e. The van der Waals surface area contributed by atoms with E-state index in [4.69, 9.17) is 10.5 Å². The lowest BCUT2D eigenvalue weighted by molar-refractivity contribution is 0.379. The van der Waals surface area contributed by atoms with Gasteiger partial charge in [0.1, 0.15) is 0 Å². The highest BCUT2D eigenvalue weighted by Gasteiger charge is 2.05. The molecule has 1 aromatic heterocycles. The third-order valence-electron chi connectivity index (χ3n) is 2.45. The highest BCUT2D eigenvalue weighted by Crippen LogP contribution is 2.20. The molecule has 2 N–H and O–H groups in total. The lowest BCUT2D eigenvalue weighted by Gasteiger charge is -2.08. The third-order valence-corrected chi connectivity index (χ3v) is 3.19. The number of nitrogen functional groups attached to an aromatic ring is 1. The maximum atomic E-state index is 11.7. The van der Waals surface area contributed by atoms with Crippen LogP contribution in [-0.4, -0.2) is 16.9 Å². The van der Waals surface area contributed by atoms with Gasteiger partial charge >= 0.3 is 0 Å². The van der Waals surface area contributed by atoms with Gasteiger partial charge in [-0.25, -0.2) is 4.68 Å². The molecular formula is C12H12BrN3O2. The number of benzene rings is 1. The number of nitrogens with zero attached hydrogens (tertiary/aromatic N) is 2. The summed E-state index contributed by atoms with van der Waals surface area (Å²) in [6.45, 7) is 0.358. The van der Waals surface area contributed by atoms with Gasteiger partial charge in [0.25, 0.3) is 5.56 Å². The summed E-state index contributed by atoms with van der Waals surface area (Å²) in [4.78, 5) is 11.7. The van der Waals surface area contributed by atoms with E-state index in [-0.39, 0.29) is 5.56 Å². The summed E-state index contributed by atoms with van der Waals surface area (Å²) in [5, 5.41) is 4.08. The number of aromatic nitrogens is 2. The van der Waals surface area contributed by atoms with E-state index >= 15 is 0 Å². The monoisotopic (exact) mass is 309 g/mol. The molecule has 0 saturated heterocycles. The van der Waals surface area contributed by atoms with Crippen LogP contribution in [0.25, 0.3) is 0 Å². The van der Waals surface area contributed by atoms with Crippen molar-refractivity contribution in [2.45, 2.75) is 6.54 Å². The minimum Gasteiger partial charge on any atom is -0.480 e. The first-order valence-corrected chi connectivity index (χ1v) is 6.05. The first kappa shape index (κ1) is 12.6. The van der Waals surface area contributed by atoms with Crippen molar-refractivity contribution in [1.29, 1.82) is 0 Å². The maximum absolute atomic E-state index is 11.7. The Bertz CT molecular complexity index is 625. The van der Waals surface area contributed by atoms with Crippen LogP contribution in [0.2, 0.25) is 0 Å². The number of rotatable bonds is 3. The molecule has 0 unspecified atom stereocenters. The standard InChI is InChI=1S/C12H12BrN3O2/c1-18-11-4-5-12(17)16(15-11)7-8-2-3-9(14)6-10(8)13/h2-6H,7,14H2,1H3. The molecule has 0 aliphatic carbocycles. The van der Waals surface area contributed by atoms with Gasteiger partial charge in [0.15, 0.2) is 0 Å². The van der Waals surface area contributed by atoms with Crippen LogP contribution >= 0.6 is 15.9 Å². The van der Waals surface area contributed by atoms with Crippen molar-refractivity contribution in [2.75, 3.05) is 12.8 Å². The Labute approximate surface area is 112 Å². The molecule has 0 bridgehead atoms. The topological polar surface area (TPSA) is 70.1 Å². The number of ether oxygens (including phenoxy) is 1. The van der Waals surface area contributed by atoms with Crippen molar-refractivity contribution in [3.8, 4) is 5.88 Å². The Balaban J connectivity index is 2.36.